The quantitative estimate of drug-likeness (QED) is 0.0653. The lowest BCUT2D eigenvalue weighted by atomic mass is 10.1. The zero-order valence-corrected chi connectivity index (χ0v) is 24.0. The van der Waals surface area contributed by atoms with Gasteiger partial charge >= 0.3 is 5.97 Å². The zero-order chi connectivity index (χ0) is 31.2. The number of hydrogen-bond acceptors (Lipinski definition) is 10. The van der Waals surface area contributed by atoms with Crippen molar-refractivity contribution in [3.8, 4) is 23.0 Å². The zero-order valence-electron chi connectivity index (χ0n) is 24.0. The summed E-state index contributed by atoms with van der Waals surface area (Å²) in [5.74, 6) is 0.206. The Hall–Kier alpha value is -5.46. The van der Waals surface area contributed by atoms with Crippen LogP contribution in [0.2, 0.25) is 0 Å². The van der Waals surface area contributed by atoms with Gasteiger partial charge in [0.25, 0.3) is 11.6 Å². The smallest absolute Gasteiger partial charge is 0.343 e. The molecule has 0 saturated carbocycles. The molecule has 0 fully saturated rings. The minimum absolute atomic E-state index is 0.130. The van der Waals surface area contributed by atoms with Crippen LogP contribution in [0, 0.1) is 10.1 Å². The number of ether oxygens (including phenoxy) is 4. The monoisotopic (exact) mass is 592 g/mol. The first-order valence-corrected chi connectivity index (χ1v) is 13.2. The van der Waals surface area contributed by atoms with E-state index in [0.29, 0.717) is 47.8 Å². The van der Waals surface area contributed by atoms with Gasteiger partial charge in [-0.25, -0.2) is 10.2 Å². The first kappa shape index (κ1) is 32.1. The highest BCUT2D eigenvalue weighted by molar-refractivity contribution is 5.95. The van der Waals surface area contributed by atoms with E-state index >= 15 is 0 Å². The number of esters is 1. The number of hydrogen-bond donors (Lipinski definition) is 2. The van der Waals surface area contributed by atoms with E-state index < -0.39 is 10.9 Å². The lowest BCUT2D eigenvalue weighted by Crippen LogP contribution is -2.24. The molecule has 3 aromatic rings. The Balaban J connectivity index is 1.37. The molecule has 0 heterocycles. The number of carbonyl (C=O) groups is 3. The number of nitrogens with zero attached hydrogens (tertiary/aromatic N) is 2. The van der Waals surface area contributed by atoms with Crippen LogP contribution < -0.4 is 29.7 Å². The van der Waals surface area contributed by atoms with Crippen molar-refractivity contribution in [2.75, 3.05) is 27.9 Å². The number of methoxy groups -OCH3 is 3. The van der Waals surface area contributed by atoms with Crippen LogP contribution in [-0.2, 0) is 4.79 Å². The Morgan fingerprint density at radius 3 is 2.21 bits per heavy atom. The molecular weight excluding hydrogens is 560 g/mol. The summed E-state index contributed by atoms with van der Waals surface area (Å²) in [6.07, 6.45) is 3.67. The number of rotatable bonds is 15. The third-order valence-corrected chi connectivity index (χ3v) is 6.08. The van der Waals surface area contributed by atoms with Gasteiger partial charge in [0.1, 0.15) is 5.75 Å². The molecule has 2 N–H and O–H groups in total. The van der Waals surface area contributed by atoms with Crippen molar-refractivity contribution >= 4 is 29.7 Å². The molecule has 2 amide bonds. The van der Waals surface area contributed by atoms with Gasteiger partial charge in [0, 0.05) is 30.7 Å². The minimum atomic E-state index is -0.668. The van der Waals surface area contributed by atoms with E-state index in [2.05, 4.69) is 15.8 Å². The highest BCUT2D eigenvalue weighted by atomic mass is 16.6. The van der Waals surface area contributed by atoms with Gasteiger partial charge in [0.2, 0.25) is 11.7 Å². The predicted molar refractivity (Wildman–Crippen MR) is 157 cm³/mol. The summed E-state index contributed by atoms with van der Waals surface area (Å²) in [5.41, 5.74) is 3.45. The first-order valence-electron chi connectivity index (χ1n) is 13.2. The molecule has 0 radical (unpaired) electrons. The summed E-state index contributed by atoms with van der Waals surface area (Å²) in [4.78, 5) is 47.2. The summed E-state index contributed by atoms with van der Waals surface area (Å²) >= 11 is 0. The van der Waals surface area contributed by atoms with Crippen LogP contribution in [0.3, 0.4) is 0 Å². The van der Waals surface area contributed by atoms with E-state index in [4.69, 9.17) is 18.9 Å². The number of benzene rings is 3. The highest BCUT2D eigenvalue weighted by Gasteiger charge is 2.17. The molecule has 3 rings (SSSR count). The number of non-ortho nitro benzene ring substituents is 1. The molecule has 43 heavy (non-hydrogen) atoms. The van der Waals surface area contributed by atoms with Crippen LogP contribution in [-0.4, -0.2) is 56.8 Å². The van der Waals surface area contributed by atoms with E-state index in [1.807, 2.05) is 0 Å². The standard InChI is InChI=1S/C30H32N4O9/c1-40-25-17-22(18-26(41-2)28(25)42-3)29(36)31-15-6-4-5-10-27(35)33-32-19-20-8-7-9-24(16-20)43-30(37)21-11-13-23(14-12-21)34(38)39/h7-9,11-14,16-19H,4-6,10,15H2,1-3H3,(H,31,36)(H,33,35). The number of nitrogens with one attached hydrogen (secondary N) is 2. The molecule has 0 unspecified atom stereocenters. The molecule has 0 spiro atoms. The normalized spacial score (nSPS) is 10.6. The van der Waals surface area contributed by atoms with Gasteiger partial charge in [-0.05, 0) is 54.8 Å². The van der Waals surface area contributed by atoms with Crippen molar-refractivity contribution in [1.29, 1.82) is 0 Å². The SMILES string of the molecule is COc1cc(C(=O)NCCCCCC(=O)NN=Cc2cccc(OC(=O)c3ccc([N+](=O)[O-])cc3)c2)cc(OC)c1OC. The first-order chi connectivity index (χ1) is 20.7. The van der Waals surface area contributed by atoms with Crippen LogP contribution >= 0.6 is 0 Å². The van der Waals surface area contributed by atoms with Gasteiger partial charge < -0.3 is 24.3 Å². The minimum Gasteiger partial charge on any atom is -0.493 e. The molecular formula is C30H32N4O9. The Kier molecular flexibility index (Phi) is 12.0. The number of carbonyl (C=O) groups excluding carboxylic acids is 3. The molecule has 0 atom stereocenters. The van der Waals surface area contributed by atoms with Gasteiger partial charge in [-0.2, -0.15) is 5.10 Å². The lowest BCUT2D eigenvalue weighted by Gasteiger charge is -2.14. The molecule has 0 aromatic heterocycles. The number of hydrazone groups is 1. The largest absolute Gasteiger partial charge is 0.493 e. The maximum Gasteiger partial charge on any atom is 0.343 e. The van der Waals surface area contributed by atoms with Crippen LogP contribution in [0.4, 0.5) is 5.69 Å². The van der Waals surface area contributed by atoms with Crippen LogP contribution in [0.15, 0.2) is 65.8 Å². The van der Waals surface area contributed by atoms with Gasteiger partial charge in [-0.1, -0.05) is 18.6 Å². The van der Waals surface area contributed by atoms with Gasteiger partial charge in [-0.15, -0.1) is 0 Å². The van der Waals surface area contributed by atoms with Gasteiger partial charge in [0.15, 0.2) is 11.5 Å². The van der Waals surface area contributed by atoms with E-state index in [1.165, 1.54) is 51.8 Å². The fourth-order valence-electron chi connectivity index (χ4n) is 3.88. The molecule has 13 nitrogen and oxygen atoms in total. The number of unbranched alkanes of at least 4 members (excludes halogenated alkanes) is 2. The summed E-state index contributed by atoms with van der Waals surface area (Å²) in [6.45, 7) is 0.431. The summed E-state index contributed by atoms with van der Waals surface area (Å²) in [6, 6.07) is 14.7. The van der Waals surface area contributed by atoms with Crippen molar-refractivity contribution in [3.05, 3.63) is 87.5 Å². The summed E-state index contributed by atoms with van der Waals surface area (Å²) in [7, 11) is 4.44. The fourth-order valence-corrected chi connectivity index (χ4v) is 3.88. The Morgan fingerprint density at radius 2 is 1.58 bits per heavy atom. The lowest BCUT2D eigenvalue weighted by molar-refractivity contribution is -0.384. The third kappa shape index (κ3) is 9.56. The summed E-state index contributed by atoms with van der Waals surface area (Å²) in [5, 5.41) is 17.5. The third-order valence-electron chi connectivity index (χ3n) is 6.08. The van der Waals surface area contributed by atoms with Gasteiger partial charge in [-0.3, -0.25) is 19.7 Å². The second-order valence-corrected chi connectivity index (χ2v) is 9.04. The number of nitro benzene ring substituents is 1. The van der Waals surface area contributed by atoms with Crippen molar-refractivity contribution in [2.45, 2.75) is 25.7 Å². The molecule has 0 aliphatic carbocycles. The summed E-state index contributed by atoms with van der Waals surface area (Å²) < 4.78 is 21.2. The van der Waals surface area contributed by atoms with Crippen molar-refractivity contribution in [3.63, 3.8) is 0 Å². The van der Waals surface area contributed by atoms with Gasteiger partial charge in [0.05, 0.1) is 38.0 Å². The maximum absolute atomic E-state index is 12.5. The van der Waals surface area contributed by atoms with E-state index in [-0.39, 0.29) is 35.2 Å². The predicted octanol–water partition coefficient (Wildman–Crippen LogP) is 4.28. The molecule has 0 aliphatic rings. The molecule has 226 valence electrons. The average Bonchev–Trinajstić information content (AvgIpc) is 3.01. The molecule has 0 saturated heterocycles. The topological polar surface area (TPSA) is 168 Å². The van der Waals surface area contributed by atoms with Crippen molar-refractivity contribution in [1.82, 2.24) is 10.7 Å². The molecule has 3 aromatic carbocycles. The highest BCUT2D eigenvalue weighted by Crippen LogP contribution is 2.38. The Bertz CT molecular complexity index is 1450. The molecule has 0 bridgehead atoms. The maximum atomic E-state index is 12.5. The number of nitro groups is 1. The molecule has 13 heteroatoms. The number of amides is 2. The van der Waals surface area contributed by atoms with E-state index in [9.17, 15) is 24.5 Å². The van der Waals surface area contributed by atoms with E-state index in [0.717, 1.165) is 6.42 Å². The Labute approximate surface area is 247 Å². The Morgan fingerprint density at radius 1 is 0.884 bits per heavy atom. The van der Waals surface area contributed by atoms with Crippen LogP contribution in [0.5, 0.6) is 23.0 Å². The average molecular weight is 593 g/mol. The van der Waals surface area contributed by atoms with Crippen molar-refractivity contribution in [2.24, 2.45) is 5.10 Å². The van der Waals surface area contributed by atoms with Crippen LogP contribution in [0.25, 0.3) is 0 Å². The van der Waals surface area contributed by atoms with E-state index in [1.54, 1.807) is 36.4 Å². The van der Waals surface area contributed by atoms with Crippen LogP contribution in [0.1, 0.15) is 52.0 Å². The molecule has 0 aliphatic heterocycles. The van der Waals surface area contributed by atoms with Crippen molar-refractivity contribution < 1.29 is 38.3 Å². The fraction of sp³-hybridized carbons (Fsp3) is 0.267. The second kappa shape index (κ2) is 16.1. The second-order valence-electron chi connectivity index (χ2n) is 9.04.